The number of nitrogens with zero attached hydrogens (tertiary/aromatic N) is 1. The van der Waals surface area contributed by atoms with Crippen molar-refractivity contribution in [1.82, 2.24) is 9.88 Å². The molecule has 0 spiro atoms. The van der Waals surface area contributed by atoms with Gasteiger partial charge in [0.1, 0.15) is 11.8 Å². The number of alkyl halides is 2. The third kappa shape index (κ3) is 2.69. The van der Waals surface area contributed by atoms with Crippen LogP contribution in [0.1, 0.15) is 35.8 Å². The molecule has 4 nitrogen and oxygen atoms in total. The Bertz CT molecular complexity index is 416. The number of hydrogen-bond donors (Lipinski definition) is 2. The molecule has 0 aliphatic heterocycles. The monoisotopic (exact) mass is 258 g/mol. The summed E-state index contributed by atoms with van der Waals surface area (Å²) in [6, 6.07) is 3.75. The van der Waals surface area contributed by atoms with E-state index in [2.05, 4.69) is 5.32 Å². The van der Waals surface area contributed by atoms with Crippen LogP contribution in [0.2, 0.25) is 0 Å². The Morgan fingerprint density at radius 3 is 2.83 bits per heavy atom. The van der Waals surface area contributed by atoms with Crippen LogP contribution in [0.3, 0.4) is 0 Å². The van der Waals surface area contributed by atoms with Gasteiger partial charge in [0, 0.05) is 18.8 Å². The maximum absolute atomic E-state index is 12.1. The van der Waals surface area contributed by atoms with E-state index < -0.39 is 25.0 Å². The summed E-state index contributed by atoms with van der Waals surface area (Å²) in [6.45, 7) is -0.438. The highest BCUT2D eigenvalue weighted by molar-refractivity contribution is 5.92. The zero-order chi connectivity index (χ0) is 13.1. The molecule has 2 N–H and O–H groups in total. The maximum atomic E-state index is 12.1. The minimum atomic E-state index is -2.84. The van der Waals surface area contributed by atoms with Gasteiger partial charge in [0.15, 0.2) is 0 Å². The lowest BCUT2D eigenvalue weighted by Gasteiger charge is -2.28. The van der Waals surface area contributed by atoms with E-state index in [1.807, 2.05) is 10.8 Å². The van der Waals surface area contributed by atoms with Crippen LogP contribution in [0.25, 0.3) is 0 Å². The molecule has 1 aliphatic carbocycles. The molecule has 6 heteroatoms. The zero-order valence-corrected chi connectivity index (χ0v) is 9.85. The average molecular weight is 258 g/mol. The van der Waals surface area contributed by atoms with Gasteiger partial charge in [0.05, 0.1) is 0 Å². The van der Waals surface area contributed by atoms with Crippen LogP contribution in [-0.2, 0) is 0 Å². The average Bonchev–Trinajstić information content (AvgIpc) is 2.71. The number of rotatable bonds is 5. The minimum absolute atomic E-state index is 0.334. The van der Waals surface area contributed by atoms with Crippen LogP contribution < -0.4 is 5.32 Å². The van der Waals surface area contributed by atoms with Crippen molar-refractivity contribution in [3.8, 4) is 0 Å². The topological polar surface area (TPSA) is 54.3 Å². The molecule has 0 saturated heterocycles. The van der Waals surface area contributed by atoms with Gasteiger partial charge >= 0.3 is 0 Å². The van der Waals surface area contributed by atoms with E-state index in [0.29, 0.717) is 11.7 Å². The first-order chi connectivity index (χ1) is 8.59. The van der Waals surface area contributed by atoms with Gasteiger partial charge in [-0.25, -0.2) is 8.78 Å². The second-order valence-electron chi connectivity index (χ2n) is 4.50. The Kier molecular flexibility index (Phi) is 3.96. The minimum Gasteiger partial charge on any atom is -0.385 e. The van der Waals surface area contributed by atoms with E-state index in [1.165, 1.54) is 0 Å². The number of halogens is 2. The largest absolute Gasteiger partial charge is 0.385 e. The molecule has 1 atom stereocenters. The second kappa shape index (κ2) is 5.48. The summed E-state index contributed by atoms with van der Waals surface area (Å²) >= 11 is 0. The summed E-state index contributed by atoms with van der Waals surface area (Å²) in [5, 5.41) is 11.3. The number of nitrogens with one attached hydrogen (secondary N) is 1. The SMILES string of the molecule is O=C(NCC(O)C(F)F)c1cccn1C1CCC1. The first-order valence-electron chi connectivity index (χ1n) is 6.01. The molecule has 1 aromatic heterocycles. The maximum Gasteiger partial charge on any atom is 0.268 e. The lowest BCUT2D eigenvalue weighted by Crippen LogP contribution is -2.37. The van der Waals surface area contributed by atoms with Gasteiger partial charge in [-0.05, 0) is 31.4 Å². The molecule has 1 heterocycles. The van der Waals surface area contributed by atoms with Crippen LogP contribution in [0.4, 0.5) is 8.78 Å². The molecule has 0 bridgehead atoms. The molecule has 1 saturated carbocycles. The van der Waals surface area contributed by atoms with Crippen LogP contribution in [-0.4, -0.2) is 34.7 Å². The fourth-order valence-corrected chi connectivity index (χ4v) is 1.95. The van der Waals surface area contributed by atoms with Crippen LogP contribution in [0.15, 0.2) is 18.3 Å². The zero-order valence-electron chi connectivity index (χ0n) is 9.85. The molecule has 0 radical (unpaired) electrons. The normalized spacial score (nSPS) is 17.6. The van der Waals surface area contributed by atoms with Crippen molar-refractivity contribution in [2.24, 2.45) is 0 Å². The molecule has 1 aliphatic rings. The number of carbonyl (C=O) groups excluding carboxylic acids is 1. The van der Waals surface area contributed by atoms with Gasteiger partial charge in [-0.2, -0.15) is 0 Å². The molecule has 100 valence electrons. The predicted molar refractivity (Wildman–Crippen MR) is 61.7 cm³/mol. The molecule has 1 aromatic rings. The molecule has 18 heavy (non-hydrogen) atoms. The summed E-state index contributed by atoms with van der Waals surface area (Å²) in [5.74, 6) is -0.424. The summed E-state index contributed by atoms with van der Waals surface area (Å²) < 4.78 is 26.0. The van der Waals surface area contributed by atoms with Crippen molar-refractivity contribution in [1.29, 1.82) is 0 Å². The first-order valence-corrected chi connectivity index (χ1v) is 6.01. The third-order valence-corrected chi connectivity index (χ3v) is 3.24. The summed E-state index contributed by atoms with van der Waals surface area (Å²) in [4.78, 5) is 11.8. The van der Waals surface area contributed by atoms with E-state index in [-0.39, 0.29) is 0 Å². The van der Waals surface area contributed by atoms with E-state index in [9.17, 15) is 13.6 Å². The number of aromatic nitrogens is 1. The van der Waals surface area contributed by atoms with Gasteiger partial charge in [0.2, 0.25) is 0 Å². The van der Waals surface area contributed by atoms with Crippen molar-refractivity contribution < 1.29 is 18.7 Å². The Morgan fingerprint density at radius 1 is 1.56 bits per heavy atom. The Labute approximate surface area is 104 Å². The lowest BCUT2D eigenvalue weighted by atomic mass is 9.93. The predicted octanol–water partition coefficient (Wildman–Crippen LogP) is 1.57. The van der Waals surface area contributed by atoms with Crippen LogP contribution >= 0.6 is 0 Å². The molecule has 1 fully saturated rings. The van der Waals surface area contributed by atoms with E-state index in [4.69, 9.17) is 5.11 Å². The number of aliphatic hydroxyl groups excluding tert-OH is 1. The molecule has 1 amide bonds. The van der Waals surface area contributed by atoms with Gasteiger partial charge in [-0.15, -0.1) is 0 Å². The molecule has 2 rings (SSSR count). The third-order valence-electron chi connectivity index (χ3n) is 3.24. The van der Waals surface area contributed by atoms with Crippen molar-refractivity contribution in [2.75, 3.05) is 6.54 Å². The Hall–Kier alpha value is -1.43. The summed E-state index contributed by atoms with van der Waals surface area (Å²) in [6.07, 6.45) is 0.379. The molecule has 1 unspecified atom stereocenters. The summed E-state index contributed by atoms with van der Waals surface area (Å²) in [5.41, 5.74) is 0.459. The Morgan fingerprint density at radius 2 is 2.28 bits per heavy atom. The number of hydrogen-bond acceptors (Lipinski definition) is 2. The molecule has 0 aromatic carbocycles. The molecular weight excluding hydrogens is 242 g/mol. The standard InChI is InChI=1S/C12H16F2N2O2/c13-11(14)10(17)7-15-12(18)9-5-2-6-16(9)8-3-1-4-8/h2,5-6,8,10-11,17H,1,3-4,7H2,(H,15,18). The highest BCUT2D eigenvalue weighted by Gasteiger charge is 2.24. The van der Waals surface area contributed by atoms with Gasteiger partial charge in [0.25, 0.3) is 12.3 Å². The smallest absolute Gasteiger partial charge is 0.268 e. The molecular formula is C12H16F2N2O2. The number of aliphatic hydroxyl groups is 1. The highest BCUT2D eigenvalue weighted by Crippen LogP contribution is 2.32. The fraction of sp³-hybridized carbons (Fsp3) is 0.583. The number of carbonyl (C=O) groups is 1. The second-order valence-corrected chi connectivity index (χ2v) is 4.50. The highest BCUT2D eigenvalue weighted by atomic mass is 19.3. The van der Waals surface area contributed by atoms with E-state index in [0.717, 1.165) is 19.3 Å². The Balaban J connectivity index is 1.94. The fourth-order valence-electron chi connectivity index (χ4n) is 1.95. The van der Waals surface area contributed by atoms with Gasteiger partial charge in [-0.1, -0.05) is 0 Å². The van der Waals surface area contributed by atoms with E-state index in [1.54, 1.807) is 12.1 Å². The van der Waals surface area contributed by atoms with Crippen molar-refractivity contribution in [3.63, 3.8) is 0 Å². The van der Waals surface area contributed by atoms with Gasteiger partial charge < -0.3 is 15.0 Å². The lowest BCUT2D eigenvalue weighted by molar-refractivity contribution is -0.00276. The number of amides is 1. The summed E-state index contributed by atoms with van der Waals surface area (Å²) in [7, 11) is 0. The van der Waals surface area contributed by atoms with Crippen LogP contribution in [0, 0.1) is 0 Å². The van der Waals surface area contributed by atoms with Gasteiger partial charge in [-0.3, -0.25) is 4.79 Å². The van der Waals surface area contributed by atoms with Crippen molar-refractivity contribution in [2.45, 2.75) is 37.8 Å². The first kappa shape index (κ1) is 13.0. The van der Waals surface area contributed by atoms with E-state index >= 15 is 0 Å². The van der Waals surface area contributed by atoms with Crippen LogP contribution in [0.5, 0.6) is 0 Å². The van der Waals surface area contributed by atoms with Crippen molar-refractivity contribution >= 4 is 5.91 Å². The quantitative estimate of drug-likeness (QED) is 0.842. The van der Waals surface area contributed by atoms with Crippen molar-refractivity contribution in [3.05, 3.63) is 24.0 Å².